The quantitative estimate of drug-likeness (QED) is 0.445. The van der Waals surface area contributed by atoms with Gasteiger partial charge in [0.25, 0.3) is 11.6 Å². The Morgan fingerprint density at radius 1 is 1.32 bits per heavy atom. The first-order valence-electron chi connectivity index (χ1n) is 7.45. The number of carbonyl (C=O) groups is 2. The average Bonchev–Trinajstić information content (AvgIpc) is 3.12. The molecule has 8 heteroatoms. The van der Waals surface area contributed by atoms with Gasteiger partial charge in [-0.15, -0.1) is 17.9 Å². The number of benzene rings is 1. The highest BCUT2D eigenvalue weighted by Crippen LogP contribution is 2.13. The number of thiophene rings is 1. The van der Waals surface area contributed by atoms with E-state index in [1.165, 1.54) is 24.3 Å². The predicted octanol–water partition coefficient (Wildman–Crippen LogP) is 2.60. The number of nitrogens with one attached hydrogen (secondary N) is 1. The molecule has 130 valence electrons. The maximum absolute atomic E-state index is 12.3. The smallest absolute Gasteiger partial charge is 0.270 e. The average molecular weight is 359 g/mol. The number of nitrogens with zero attached hydrogens (tertiary/aromatic N) is 2. The van der Waals surface area contributed by atoms with Gasteiger partial charge in [-0.3, -0.25) is 19.7 Å². The fourth-order valence-electron chi connectivity index (χ4n) is 2.13. The molecule has 0 aliphatic rings. The number of non-ortho nitro benzene ring substituents is 1. The molecule has 0 radical (unpaired) electrons. The van der Waals surface area contributed by atoms with Gasteiger partial charge in [0.1, 0.15) is 0 Å². The van der Waals surface area contributed by atoms with Gasteiger partial charge in [0.2, 0.25) is 5.91 Å². The Hall–Kier alpha value is -3.00. The molecule has 0 aliphatic carbocycles. The van der Waals surface area contributed by atoms with Crippen LogP contribution in [0.3, 0.4) is 0 Å². The third kappa shape index (κ3) is 5.25. The maximum atomic E-state index is 12.3. The first-order valence-corrected chi connectivity index (χ1v) is 8.33. The van der Waals surface area contributed by atoms with Gasteiger partial charge in [0.15, 0.2) is 0 Å². The highest BCUT2D eigenvalue weighted by atomic mass is 32.1. The van der Waals surface area contributed by atoms with Crippen LogP contribution in [0.4, 0.5) is 5.69 Å². The molecular formula is C17H17N3O4S. The van der Waals surface area contributed by atoms with Crippen LogP contribution in [-0.4, -0.2) is 34.7 Å². The molecule has 2 aromatic rings. The largest absolute Gasteiger partial charge is 0.343 e. The van der Waals surface area contributed by atoms with Crippen molar-refractivity contribution in [1.29, 1.82) is 0 Å². The highest BCUT2D eigenvalue weighted by molar-refractivity contribution is 7.09. The zero-order valence-corrected chi connectivity index (χ0v) is 14.2. The van der Waals surface area contributed by atoms with Crippen molar-refractivity contribution in [3.8, 4) is 0 Å². The molecule has 2 rings (SSSR count). The van der Waals surface area contributed by atoms with Crippen LogP contribution in [0.1, 0.15) is 15.2 Å². The van der Waals surface area contributed by atoms with Crippen LogP contribution in [0, 0.1) is 10.1 Å². The van der Waals surface area contributed by atoms with Crippen molar-refractivity contribution in [1.82, 2.24) is 10.2 Å². The van der Waals surface area contributed by atoms with Crippen LogP contribution in [0.15, 0.2) is 54.4 Å². The summed E-state index contributed by atoms with van der Waals surface area (Å²) in [5.41, 5.74) is -0.0412. The number of amides is 2. The summed E-state index contributed by atoms with van der Waals surface area (Å²) in [6.07, 6.45) is 1.62. The highest BCUT2D eigenvalue weighted by Gasteiger charge is 2.16. The fourth-order valence-corrected chi connectivity index (χ4v) is 2.85. The van der Waals surface area contributed by atoms with Gasteiger partial charge in [-0.2, -0.15) is 0 Å². The van der Waals surface area contributed by atoms with E-state index >= 15 is 0 Å². The van der Waals surface area contributed by atoms with Crippen molar-refractivity contribution in [3.63, 3.8) is 0 Å². The van der Waals surface area contributed by atoms with Crippen LogP contribution in [0.25, 0.3) is 0 Å². The van der Waals surface area contributed by atoms with Crippen LogP contribution in [0.2, 0.25) is 0 Å². The zero-order valence-electron chi connectivity index (χ0n) is 13.4. The van der Waals surface area contributed by atoms with E-state index in [0.717, 1.165) is 4.88 Å². The number of nitro groups is 1. The lowest BCUT2D eigenvalue weighted by Crippen LogP contribution is -2.39. The van der Waals surface area contributed by atoms with E-state index in [0.29, 0.717) is 13.1 Å². The summed E-state index contributed by atoms with van der Waals surface area (Å²) in [5.74, 6) is -0.793. The molecule has 2 amide bonds. The first kappa shape index (κ1) is 18.3. The Morgan fingerprint density at radius 2 is 2.12 bits per heavy atom. The SMILES string of the molecule is C=CCN(Cc1cccs1)C(=O)CNC(=O)c1cccc([N+](=O)[O-])c1. The Balaban J connectivity index is 1.96. The van der Waals surface area contributed by atoms with Gasteiger partial charge in [0.05, 0.1) is 18.0 Å². The van der Waals surface area contributed by atoms with E-state index in [1.807, 2.05) is 17.5 Å². The van der Waals surface area contributed by atoms with Gasteiger partial charge < -0.3 is 10.2 Å². The molecule has 1 N–H and O–H groups in total. The second-order valence-electron chi connectivity index (χ2n) is 5.13. The van der Waals surface area contributed by atoms with Crippen LogP contribution in [-0.2, 0) is 11.3 Å². The van der Waals surface area contributed by atoms with Crippen molar-refractivity contribution in [2.24, 2.45) is 0 Å². The standard InChI is InChI=1S/C17H17N3O4S/c1-2-8-19(12-15-7-4-9-25-15)16(21)11-18-17(22)13-5-3-6-14(10-13)20(23)24/h2-7,9-10H,1,8,11-12H2,(H,18,22). The van der Waals surface area contributed by atoms with E-state index in [4.69, 9.17) is 0 Å². The Bertz CT molecular complexity index is 774. The molecule has 0 spiro atoms. The Morgan fingerprint density at radius 3 is 2.76 bits per heavy atom. The van der Waals surface area contributed by atoms with Crippen LogP contribution >= 0.6 is 11.3 Å². The Kier molecular flexibility index (Phi) is 6.41. The molecule has 0 fully saturated rings. The first-order chi connectivity index (χ1) is 12.0. The molecule has 0 saturated carbocycles. The van der Waals surface area contributed by atoms with E-state index in [2.05, 4.69) is 11.9 Å². The molecule has 1 aromatic carbocycles. The van der Waals surface area contributed by atoms with Crippen molar-refractivity contribution in [2.45, 2.75) is 6.54 Å². The summed E-state index contributed by atoms with van der Waals surface area (Å²) in [6.45, 7) is 4.25. The summed E-state index contributed by atoms with van der Waals surface area (Å²) >= 11 is 1.54. The summed E-state index contributed by atoms with van der Waals surface area (Å²) in [4.78, 5) is 37.2. The zero-order chi connectivity index (χ0) is 18.2. The van der Waals surface area contributed by atoms with Gasteiger partial charge in [0, 0.05) is 29.1 Å². The minimum atomic E-state index is -0.575. The van der Waals surface area contributed by atoms with E-state index in [1.54, 1.807) is 22.3 Å². The third-order valence-electron chi connectivity index (χ3n) is 3.35. The fraction of sp³-hybridized carbons (Fsp3) is 0.176. The maximum Gasteiger partial charge on any atom is 0.270 e. The monoisotopic (exact) mass is 359 g/mol. The molecule has 0 aliphatic heterocycles. The minimum absolute atomic E-state index is 0.135. The second kappa shape index (κ2) is 8.74. The molecular weight excluding hydrogens is 342 g/mol. The molecule has 0 bridgehead atoms. The summed E-state index contributed by atoms with van der Waals surface area (Å²) in [5, 5.41) is 15.2. The number of rotatable bonds is 8. The molecule has 1 heterocycles. The van der Waals surface area contributed by atoms with Crippen LogP contribution < -0.4 is 5.32 Å². The Labute approximate surface area is 148 Å². The van der Waals surface area contributed by atoms with E-state index < -0.39 is 10.8 Å². The normalized spacial score (nSPS) is 10.1. The van der Waals surface area contributed by atoms with Crippen molar-refractivity contribution in [3.05, 3.63) is 75.0 Å². The summed E-state index contributed by atoms with van der Waals surface area (Å²) in [7, 11) is 0. The molecule has 1 aromatic heterocycles. The molecule has 0 unspecified atom stereocenters. The van der Waals surface area contributed by atoms with Gasteiger partial charge in [-0.1, -0.05) is 18.2 Å². The number of hydrogen-bond donors (Lipinski definition) is 1. The van der Waals surface area contributed by atoms with Gasteiger partial charge >= 0.3 is 0 Å². The number of hydrogen-bond acceptors (Lipinski definition) is 5. The lowest BCUT2D eigenvalue weighted by molar-refractivity contribution is -0.384. The predicted molar refractivity (Wildman–Crippen MR) is 95.4 cm³/mol. The number of nitro benzene ring substituents is 1. The van der Waals surface area contributed by atoms with Crippen molar-refractivity contribution in [2.75, 3.05) is 13.1 Å². The van der Waals surface area contributed by atoms with Gasteiger partial charge in [-0.25, -0.2) is 0 Å². The van der Waals surface area contributed by atoms with E-state index in [-0.39, 0.29) is 23.7 Å². The molecule has 7 nitrogen and oxygen atoms in total. The van der Waals surface area contributed by atoms with E-state index in [9.17, 15) is 19.7 Å². The lowest BCUT2D eigenvalue weighted by Gasteiger charge is -2.20. The summed E-state index contributed by atoms with van der Waals surface area (Å²) < 4.78 is 0. The van der Waals surface area contributed by atoms with Crippen LogP contribution in [0.5, 0.6) is 0 Å². The lowest BCUT2D eigenvalue weighted by atomic mass is 10.2. The minimum Gasteiger partial charge on any atom is -0.343 e. The molecule has 25 heavy (non-hydrogen) atoms. The molecule has 0 atom stereocenters. The van der Waals surface area contributed by atoms with Crippen molar-refractivity contribution >= 4 is 28.8 Å². The second-order valence-corrected chi connectivity index (χ2v) is 6.16. The van der Waals surface area contributed by atoms with Gasteiger partial charge in [-0.05, 0) is 17.5 Å². The number of carbonyl (C=O) groups excluding carboxylic acids is 2. The summed E-state index contributed by atoms with van der Waals surface area (Å²) in [6, 6.07) is 9.19. The van der Waals surface area contributed by atoms with Crippen molar-refractivity contribution < 1.29 is 14.5 Å². The topological polar surface area (TPSA) is 92.6 Å². The third-order valence-corrected chi connectivity index (χ3v) is 4.21. The molecule has 0 saturated heterocycles.